The Morgan fingerprint density at radius 2 is 2.24 bits per heavy atom. The van der Waals surface area contributed by atoms with Gasteiger partial charge in [-0.15, -0.1) is 0 Å². The largest absolute Gasteiger partial charge is 0.398 e. The summed E-state index contributed by atoms with van der Waals surface area (Å²) in [7, 11) is 2.09. The normalized spacial score (nSPS) is 17.9. The fourth-order valence-corrected chi connectivity index (χ4v) is 2.01. The third-order valence-corrected chi connectivity index (χ3v) is 3.15. The summed E-state index contributed by atoms with van der Waals surface area (Å²) in [6.45, 7) is 2.04. The average molecular weight is 234 g/mol. The van der Waals surface area contributed by atoms with E-state index in [0.717, 1.165) is 25.9 Å². The van der Waals surface area contributed by atoms with E-state index in [0.29, 0.717) is 11.3 Å². The number of aromatic nitrogens is 1. The Kier molecular flexibility index (Phi) is 3.58. The van der Waals surface area contributed by atoms with Crippen molar-refractivity contribution >= 4 is 11.6 Å². The van der Waals surface area contributed by atoms with Crippen molar-refractivity contribution in [2.24, 2.45) is 0 Å². The molecule has 0 aromatic carbocycles. The highest BCUT2D eigenvalue weighted by molar-refractivity contribution is 5.98. The van der Waals surface area contributed by atoms with Crippen molar-refractivity contribution in [3.8, 4) is 0 Å². The zero-order valence-electron chi connectivity index (χ0n) is 10.0. The summed E-state index contributed by atoms with van der Waals surface area (Å²) in [6, 6.07) is 1.89. The van der Waals surface area contributed by atoms with Crippen LogP contribution in [0.5, 0.6) is 0 Å². The number of nitrogens with two attached hydrogens (primary N) is 1. The fraction of sp³-hybridized carbons (Fsp3) is 0.500. The molecule has 1 fully saturated rings. The molecule has 0 bridgehead atoms. The zero-order valence-corrected chi connectivity index (χ0v) is 10.0. The first kappa shape index (κ1) is 11.9. The Morgan fingerprint density at radius 3 is 2.88 bits per heavy atom. The monoisotopic (exact) mass is 234 g/mol. The number of nitrogen functional groups attached to an aromatic ring is 1. The third-order valence-electron chi connectivity index (χ3n) is 3.15. The molecular formula is C12H18N4O. The Bertz CT molecular complexity index is 399. The van der Waals surface area contributed by atoms with E-state index in [1.54, 1.807) is 12.3 Å². The molecular weight excluding hydrogens is 216 g/mol. The lowest BCUT2D eigenvalue weighted by Crippen LogP contribution is -2.43. The Balaban J connectivity index is 1.96. The first-order valence-corrected chi connectivity index (χ1v) is 5.85. The number of pyridine rings is 1. The first-order chi connectivity index (χ1) is 8.16. The summed E-state index contributed by atoms with van der Waals surface area (Å²) in [5.41, 5.74) is 6.68. The van der Waals surface area contributed by atoms with E-state index >= 15 is 0 Å². The SMILES string of the molecule is CN1CCC(NC(=O)c2cnccc2N)CC1. The molecule has 1 amide bonds. The number of carbonyl (C=O) groups excluding carboxylic acids is 1. The number of hydrogen-bond donors (Lipinski definition) is 2. The maximum absolute atomic E-state index is 12.0. The molecule has 17 heavy (non-hydrogen) atoms. The number of piperidine rings is 1. The lowest BCUT2D eigenvalue weighted by molar-refractivity contribution is 0.0917. The molecule has 1 aliphatic rings. The quantitative estimate of drug-likeness (QED) is 0.781. The van der Waals surface area contributed by atoms with Gasteiger partial charge in [0.25, 0.3) is 5.91 Å². The summed E-state index contributed by atoms with van der Waals surface area (Å²) >= 11 is 0. The summed E-state index contributed by atoms with van der Waals surface area (Å²) in [5, 5.41) is 3.01. The van der Waals surface area contributed by atoms with Crippen molar-refractivity contribution in [2.75, 3.05) is 25.9 Å². The number of carbonyl (C=O) groups is 1. The van der Waals surface area contributed by atoms with E-state index in [-0.39, 0.29) is 11.9 Å². The van der Waals surface area contributed by atoms with E-state index in [2.05, 4.69) is 22.2 Å². The molecule has 5 nitrogen and oxygen atoms in total. The predicted octanol–water partition coefficient (Wildman–Crippen LogP) is 0.488. The van der Waals surface area contributed by atoms with Crippen LogP contribution >= 0.6 is 0 Å². The summed E-state index contributed by atoms with van der Waals surface area (Å²) < 4.78 is 0. The molecule has 2 heterocycles. The van der Waals surface area contributed by atoms with Gasteiger partial charge in [0.1, 0.15) is 0 Å². The van der Waals surface area contributed by atoms with Gasteiger partial charge in [-0.1, -0.05) is 0 Å². The molecule has 0 atom stereocenters. The van der Waals surface area contributed by atoms with E-state index in [1.165, 1.54) is 6.20 Å². The molecule has 0 aliphatic carbocycles. The van der Waals surface area contributed by atoms with Crippen molar-refractivity contribution in [2.45, 2.75) is 18.9 Å². The van der Waals surface area contributed by atoms with E-state index in [4.69, 9.17) is 5.73 Å². The highest BCUT2D eigenvalue weighted by Crippen LogP contribution is 2.12. The number of anilines is 1. The van der Waals surface area contributed by atoms with Gasteiger partial charge >= 0.3 is 0 Å². The van der Waals surface area contributed by atoms with Gasteiger partial charge in [0.15, 0.2) is 0 Å². The number of hydrogen-bond acceptors (Lipinski definition) is 4. The highest BCUT2D eigenvalue weighted by Gasteiger charge is 2.19. The molecule has 2 rings (SSSR count). The molecule has 0 unspecified atom stereocenters. The molecule has 5 heteroatoms. The van der Waals surface area contributed by atoms with Crippen LogP contribution in [-0.4, -0.2) is 42.0 Å². The van der Waals surface area contributed by atoms with Gasteiger partial charge < -0.3 is 16.0 Å². The first-order valence-electron chi connectivity index (χ1n) is 5.85. The number of rotatable bonds is 2. The lowest BCUT2D eigenvalue weighted by Gasteiger charge is -2.29. The zero-order chi connectivity index (χ0) is 12.3. The second-order valence-electron chi connectivity index (χ2n) is 4.51. The second-order valence-corrected chi connectivity index (χ2v) is 4.51. The van der Waals surface area contributed by atoms with Gasteiger partial charge in [-0.2, -0.15) is 0 Å². The molecule has 0 radical (unpaired) electrons. The molecule has 3 N–H and O–H groups in total. The van der Waals surface area contributed by atoms with E-state index < -0.39 is 0 Å². The summed E-state index contributed by atoms with van der Waals surface area (Å²) in [4.78, 5) is 18.2. The maximum atomic E-state index is 12.0. The standard InChI is InChI=1S/C12H18N4O/c1-16-6-3-9(4-7-16)15-12(17)10-8-14-5-2-11(10)13/h2,5,8-9H,3-4,6-7H2,1H3,(H2,13,14)(H,15,17). The average Bonchev–Trinajstić information content (AvgIpc) is 2.32. The van der Waals surface area contributed by atoms with Crippen molar-refractivity contribution in [1.82, 2.24) is 15.2 Å². The molecule has 1 aromatic rings. The fourth-order valence-electron chi connectivity index (χ4n) is 2.01. The lowest BCUT2D eigenvalue weighted by atomic mass is 10.0. The van der Waals surface area contributed by atoms with Crippen molar-refractivity contribution < 1.29 is 4.79 Å². The molecule has 1 aromatic heterocycles. The Morgan fingerprint density at radius 1 is 1.53 bits per heavy atom. The minimum Gasteiger partial charge on any atom is -0.398 e. The van der Waals surface area contributed by atoms with Gasteiger partial charge in [-0.25, -0.2) is 0 Å². The number of nitrogens with zero attached hydrogens (tertiary/aromatic N) is 2. The molecule has 0 saturated carbocycles. The molecule has 1 saturated heterocycles. The van der Waals surface area contributed by atoms with Crippen LogP contribution in [0, 0.1) is 0 Å². The van der Waals surface area contributed by atoms with Crippen LogP contribution < -0.4 is 11.1 Å². The van der Waals surface area contributed by atoms with Crippen LogP contribution in [0.15, 0.2) is 18.5 Å². The van der Waals surface area contributed by atoms with Crippen LogP contribution in [0.4, 0.5) is 5.69 Å². The van der Waals surface area contributed by atoms with Crippen molar-refractivity contribution in [3.63, 3.8) is 0 Å². The van der Waals surface area contributed by atoms with Crippen LogP contribution in [-0.2, 0) is 0 Å². The van der Waals surface area contributed by atoms with Crippen LogP contribution in [0.2, 0.25) is 0 Å². The minimum atomic E-state index is -0.120. The predicted molar refractivity (Wildman–Crippen MR) is 66.6 cm³/mol. The van der Waals surface area contributed by atoms with Gasteiger partial charge in [-0.05, 0) is 39.0 Å². The van der Waals surface area contributed by atoms with Crippen LogP contribution in [0.1, 0.15) is 23.2 Å². The summed E-state index contributed by atoms with van der Waals surface area (Å²) in [6.07, 6.45) is 5.08. The van der Waals surface area contributed by atoms with Crippen LogP contribution in [0.3, 0.4) is 0 Å². The Labute approximate surface area is 101 Å². The van der Waals surface area contributed by atoms with Gasteiger partial charge in [0, 0.05) is 24.1 Å². The van der Waals surface area contributed by atoms with Gasteiger partial charge in [-0.3, -0.25) is 9.78 Å². The van der Waals surface area contributed by atoms with Gasteiger partial charge in [0.05, 0.1) is 5.56 Å². The molecule has 1 aliphatic heterocycles. The van der Waals surface area contributed by atoms with Crippen LogP contribution in [0.25, 0.3) is 0 Å². The Hall–Kier alpha value is -1.62. The molecule has 0 spiro atoms. The number of amides is 1. The number of nitrogens with one attached hydrogen (secondary N) is 1. The third kappa shape index (κ3) is 2.94. The summed E-state index contributed by atoms with van der Waals surface area (Å²) in [5.74, 6) is -0.120. The topological polar surface area (TPSA) is 71.2 Å². The smallest absolute Gasteiger partial charge is 0.255 e. The van der Waals surface area contributed by atoms with E-state index in [1.807, 2.05) is 0 Å². The van der Waals surface area contributed by atoms with Crippen molar-refractivity contribution in [1.29, 1.82) is 0 Å². The molecule has 92 valence electrons. The van der Waals surface area contributed by atoms with E-state index in [9.17, 15) is 4.79 Å². The minimum absolute atomic E-state index is 0.120. The second kappa shape index (κ2) is 5.14. The highest BCUT2D eigenvalue weighted by atomic mass is 16.1. The van der Waals surface area contributed by atoms with Crippen molar-refractivity contribution in [3.05, 3.63) is 24.0 Å². The number of likely N-dealkylation sites (tertiary alicyclic amines) is 1. The maximum Gasteiger partial charge on any atom is 0.255 e. The van der Waals surface area contributed by atoms with Gasteiger partial charge in [0.2, 0.25) is 0 Å².